The predicted molar refractivity (Wildman–Crippen MR) is 74.7 cm³/mol. The quantitative estimate of drug-likeness (QED) is 0.113. The van der Waals surface area contributed by atoms with E-state index in [2.05, 4.69) is 22.5 Å². The standard InChI is InChI=1S/C12H11F4N3O3S/c13-7-6(12(20)22-4-3-21-2-1-5-23)8(14)10(16)11(9(7)15)18-19-17/h23H,1-5H2. The Balaban J connectivity index is 2.87. The highest BCUT2D eigenvalue weighted by molar-refractivity contribution is 7.80. The highest BCUT2D eigenvalue weighted by Gasteiger charge is 2.29. The molecule has 0 amide bonds. The fourth-order valence-electron chi connectivity index (χ4n) is 1.47. The van der Waals surface area contributed by atoms with E-state index in [1.54, 1.807) is 0 Å². The van der Waals surface area contributed by atoms with E-state index >= 15 is 0 Å². The van der Waals surface area contributed by atoms with Crippen molar-refractivity contribution in [1.29, 1.82) is 0 Å². The molecule has 0 radical (unpaired) electrons. The fourth-order valence-corrected chi connectivity index (χ4v) is 1.60. The second kappa shape index (κ2) is 9.23. The molecule has 0 atom stereocenters. The monoisotopic (exact) mass is 353 g/mol. The van der Waals surface area contributed by atoms with Crippen LogP contribution in [0.15, 0.2) is 5.11 Å². The molecule has 23 heavy (non-hydrogen) atoms. The summed E-state index contributed by atoms with van der Waals surface area (Å²) in [5.41, 5.74) is 5.05. The van der Waals surface area contributed by atoms with E-state index in [0.717, 1.165) is 0 Å². The molecule has 126 valence electrons. The van der Waals surface area contributed by atoms with Crippen LogP contribution in [0.3, 0.4) is 0 Å². The number of azide groups is 1. The maximum atomic E-state index is 13.6. The summed E-state index contributed by atoms with van der Waals surface area (Å²) in [7, 11) is 0. The van der Waals surface area contributed by atoms with Crippen LogP contribution in [0.2, 0.25) is 0 Å². The number of rotatable bonds is 8. The number of thiol groups is 1. The summed E-state index contributed by atoms with van der Waals surface area (Å²) in [6.45, 7) is -0.0932. The minimum Gasteiger partial charge on any atom is -0.459 e. The number of hydrogen-bond acceptors (Lipinski definition) is 5. The summed E-state index contributed by atoms with van der Waals surface area (Å²) >= 11 is 3.94. The average molecular weight is 353 g/mol. The topological polar surface area (TPSA) is 84.3 Å². The highest BCUT2D eigenvalue weighted by atomic mass is 32.1. The molecule has 6 nitrogen and oxygen atoms in total. The van der Waals surface area contributed by atoms with Gasteiger partial charge in [-0.3, -0.25) is 0 Å². The summed E-state index contributed by atoms with van der Waals surface area (Å²) in [5.74, 6) is -9.01. The van der Waals surface area contributed by atoms with Crippen molar-refractivity contribution >= 4 is 24.3 Å². The van der Waals surface area contributed by atoms with E-state index in [-0.39, 0.29) is 13.2 Å². The van der Waals surface area contributed by atoms with Gasteiger partial charge in [0.15, 0.2) is 23.3 Å². The van der Waals surface area contributed by atoms with E-state index in [9.17, 15) is 22.4 Å². The summed E-state index contributed by atoms with van der Waals surface area (Å²) < 4.78 is 63.8. The van der Waals surface area contributed by atoms with E-state index in [1.165, 1.54) is 0 Å². The number of carbonyl (C=O) groups is 1. The van der Waals surface area contributed by atoms with Gasteiger partial charge in [0.2, 0.25) is 0 Å². The molecular formula is C12H11F4N3O3S. The Morgan fingerprint density at radius 2 is 1.70 bits per heavy atom. The Labute approximate surface area is 133 Å². The molecule has 0 aromatic heterocycles. The zero-order valence-electron chi connectivity index (χ0n) is 11.6. The molecule has 0 saturated carbocycles. The van der Waals surface area contributed by atoms with E-state index < -0.39 is 40.5 Å². The molecule has 0 bridgehead atoms. The van der Waals surface area contributed by atoms with Gasteiger partial charge < -0.3 is 9.47 Å². The summed E-state index contributed by atoms with van der Waals surface area (Å²) in [4.78, 5) is 13.6. The predicted octanol–water partition coefficient (Wildman–Crippen LogP) is 3.68. The lowest BCUT2D eigenvalue weighted by molar-refractivity contribution is 0.0308. The number of ether oxygens (including phenoxy) is 2. The van der Waals surface area contributed by atoms with Gasteiger partial charge in [0.1, 0.15) is 17.9 Å². The lowest BCUT2D eigenvalue weighted by Gasteiger charge is -2.09. The van der Waals surface area contributed by atoms with Crippen molar-refractivity contribution in [3.63, 3.8) is 0 Å². The smallest absolute Gasteiger partial charge is 0.344 e. The first-order chi connectivity index (χ1) is 11.0. The molecule has 1 aromatic rings. The number of carbonyl (C=O) groups excluding carboxylic acids is 1. The normalized spacial score (nSPS) is 10.3. The molecule has 0 spiro atoms. The maximum Gasteiger partial charge on any atom is 0.344 e. The largest absolute Gasteiger partial charge is 0.459 e. The molecule has 0 N–H and O–H groups in total. The van der Waals surface area contributed by atoms with Gasteiger partial charge in [0.05, 0.1) is 6.61 Å². The van der Waals surface area contributed by atoms with Crippen LogP contribution in [-0.4, -0.2) is 31.5 Å². The SMILES string of the molecule is [N-]=[N+]=Nc1c(F)c(F)c(C(=O)OCCOCCCS)c(F)c1F. The van der Waals surface area contributed by atoms with Crippen molar-refractivity contribution in [3.05, 3.63) is 39.3 Å². The van der Waals surface area contributed by atoms with Crippen LogP contribution < -0.4 is 0 Å². The van der Waals surface area contributed by atoms with Gasteiger partial charge in [-0.1, -0.05) is 5.11 Å². The van der Waals surface area contributed by atoms with Crippen molar-refractivity contribution in [2.45, 2.75) is 6.42 Å². The number of benzene rings is 1. The molecular weight excluding hydrogens is 342 g/mol. The molecule has 11 heteroatoms. The first-order valence-electron chi connectivity index (χ1n) is 6.22. The number of hydrogen-bond donors (Lipinski definition) is 1. The number of esters is 1. The molecule has 0 fully saturated rings. The summed E-state index contributed by atoms with van der Waals surface area (Å²) in [6, 6.07) is 0. The molecule has 0 unspecified atom stereocenters. The summed E-state index contributed by atoms with van der Waals surface area (Å²) in [5, 5.41) is 2.50. The van der Waals surface area contributed by atoms with Crippen LogP contribution in [0.5, 0.6) is 0 Å². The van der Waals surface area contributed by atoms with Gasteiger partial charge in [-0.25, -0.2) is 22.4 Å². The van der Waals surface area contributed by atoms with Crippen molar-refractivity contribution in [2.24, 2.45) is 5.11 Å². The maximum absolute atomic E-state index is 13.6. The van der Waals surface area contributed by atoms with E-state index in [4.69, 9.17) is 10.3 Å². The van der Waals surface area contributed by atoms with Crippen LogP contribution in [0.1, 0.15) is 16.8 Å². The second-order valence-corrected chi connectivity index (χ2v) is 4.44. The summed E-state index contributed by atoms with van der Waals surface area (Å²) in [6.07, 6.45) is 0.650. The van der Waals surface area contributed by atoms with Crippen molar-refractivity contribution in [3.8, 4) is 0 Å². The van der Waals surface area contributed by atoms with Crippen molar-refractivity contribution < 1.29 is 31.8 Å². The molecule has 0 aliphatic heterocycles. The minimum atomic E-state index is -2.01. The molecule has 0 saturated heterocycles. The molecule has 1 rings (SSSR count). The van der Waals surface area contributed by atoms with Gasteiger partial charge in [-0.15, -0.1) is 0 Å². The molecule has 0 aliphatic rings. The first-order valence-corrected chi connectivity index (χ1v) is 6.85. The minimum absolute atomic E-state index is 0.0650. The third-order valence-electron chi connectivity index (χ3n) is 2.50. The third kappa shape index (κ3) is 4.75. The van der Waals surface area contributed by atoms with Gasteiger partial charge >= 0.3 is 5.97 Å². The first kappa shape index (κ1) is 19.1. The fraction of sp³-hybridized carbons (Fsp3) is 0.417. The van der Waals surface area contributed by atoms with Crippen LogP contribution in [0.4, 0.5) is 23.2 Å². The van der Waals surface area contributed by atoms with Gasteiger partial charge in [-0.2, -0.15) is 12.6 Å². The third-order valence-corrected chi connectivity index (χ3v) is 2.81. The number of nitrogens with zero attached hydrogens (tertiary/aromatic N) is 3. The molecule has 0 aliphatic carbocycles. The highest BCUT2D eigenvalue weighted by Crippen LogP contribution is 2.30. The second-order valence-electron chi connectivity index (χ2n) is 3.99. The Bertz CT molecular complexity index is 609. The van der Waals surface area contributed by atoms with Crippen LogP contribution >= 0.6 is 12.6 Å². The zero-order valence-corrected chi connectivity index (χ0v) is 12.5. The lowest BCUT2D eigenvalue weighted by Crippen LogP contribution is -2.16. The zero-order chi connectivity index (χ0) is 17.4. The van der Waals surface area contributed by atoms with Crippen molar-refractivity contribution in [1.82, 2.24) is 0 Å². The van der Waals surface area contributed by atoms with Gasteiger partial charge in [0, 0.05) is 11.5 Å². The average Bonchev–Trinajstić information content (AvgIpc) is 2.53. The van der Waals surface area contributed by atoms with Gasteiger partial charge in [0.25, 0.3) is 0 Å². The Morgan fingerprint density at radius 3 is 2.22 bits per heavy atom. The van der Waals surface area contributed by atoms with E-state index in [1.807, 2.05) is 4.91 Å². The number of halogens is 4. The van der Waals surface area contributed by atoms with Crippen LogP contribution in [-0.2, 0) is 9.47 Å². The van der Waals surface area contributed by atoms with Crippen LogP contribution in [0, 0.1) is 23.3 Å². The molecule has 1 aromatic carbocycles. The Morgan fingerprint density at radius 1 is 1.09 bits per heavy atom. The Hall–Kier alpha value is -1.97. The van der Waals surface area contributed by atoms with Crippen LogP contribution in [0.25, 0.3) is 10.4 Å². The van der Waals surface area contributed by atoms with E-state index in [0.29, 0.717) is 18.8 Å². The van der Waals surface area contributed by atoms with Gasteiger partial charge in [-0.05, 0) is 17.7 Å². The lowest BCUT2D eigenvalue weighted by atomic mass is 10.1. The molecule has 0 heterocycles. The van der Waals surface area contributed by atoms with Crippen molar-refractivity contribution in [2.75, 3.05) is 25.6 Å². The Kier molecular flexibility index (Phi) is 7.66.